The molecule has 2 N–H and O–H groups in total. The molecule has 0 radical (unpaired) electrons. The number of fused-ring (bicyclic) bond motifs is 1. The zero-order chi connectivity index (χ0) is 13.2. The molecule has 0 spiro atoms. The molecule has 1 aromatic heterocycles. The molecule has 1 saturated heterocycles. The van der Waals surface area contributed by atoms with Gasteiger partial charge in [-0.2, -0.15) is 5.10 Å². The Labute approximate surface area is 115 Å². The van der Waals surface area contributed by atoms with Gasteiger partial charge in [-0.15, -0.1) is 0 Å². The summed E-state index contributed by atoms with van der Waals surface area (Å²) in [5.41, 5.74) is 6.10. The van der Waals surface area contributed by atoms with E-state index in [2.05, 4.69) is 21.9 Å². The summed E-state index contributed by atoms with van der Waals surface area (Å²) in [6.45, 7) is 6.87. The maximum atomic E-state index is 6.10. The summed E-state index contributed by atoms with van der Waals surface area (Å²) in [5.74, 6) is 2.78. The second-order valence-corrected chi connectivity index (χ2v) is 5.94. The van der Waals surface area contributed by atoms with Crippen molar-refractivity contribution >= 4 is 0 Å². The number of aromatic nitrogens is 3. The highest BCUT2D eigenvalue weighted by atomic mass is 15.4. The average Bonchev–Trinajstić information content (AvgIpc) is 2.84. The highest BCUT2D eigenvalue weighted by Crippen LogP contribution is 2.24. The first kappa shape index (κ1) is 13.1. The normalized spacial score (nSPS) is 25.5. The molecule has 2 aliphatic heterocycles. The third kappa shape index (κ3) is 2.82. The summed E-state index contributed by atoms with van der Waals surface area (Å²) in [6.07, 6.45) is 5.77. The lowest BCUT2D eigenvalue weighted by Gasteiger charge is -2.30. The van der Waals surface area contributed by atoms with E-state index in [1.54, 1.807) is 0 Å². The maximum absolute atomic E-state index is 6.10. The summed E-state index contributed by atoms with van der Waals surface area (Å²) >= 11 is 0. The van der Waals surface area contributed by atoms with Gasteiger partial charge in [0.15, 0.2) is 5.82 Å². The van der Waals surface area contributed by atoms with Crippen molar-refractivity contribution in [2.24, 2.45) is 11.7 Å². The molecule has 0 aromatic carbocycles. The van der Waals surface area contributed by atoms with Crippen molar-refractivity contribution in [1.29, 1.82) is 0 Å². The summed E-state index contributed by atoms with van der Waals surface area (Å²) in [4.78, 5) is 7.20. The Hall–Kier alpha value is -0.940. The molecule has 2 aliphatic rings. The molecule has 0 amide bonds. The van der Waals surface area contributed by atoms with E-state index in [9.17, 15) is 0 Å². The Bertz CT molecular complexity index is 419. The first-order valence-electron chi connectivity index (χ1n) is 7.68. The van der Waals surface area contributed by atoms with Crippen LogP contribution in [0.5, 0.6) is 0 Å². The highest BCUT2D eigenvalue weighted by Gasteiger charge is 2.24. The third-order valence-electron chi connectivity index (χ3n) is 4.59. The molecule has 1 fully saturated rings. The largest absolute Gasteiger partial charge is 0.321 e. The average molecular weight is 263 g/mol. The minimum atomic E-state index is 0.0944. The standard InChI is InChI=1S/C14H25N5/c1-2-18-8-5-11(6-9-18)10-13-16-14-12(15)4-3-7-19(14)17-13/h11-12H,2-10,15H2,1H3. The Morgan fingerprint density at radius 1 is 1.21 bits per heavy atom. The Morgan fingerprint density at radius 3 is 2.68 bits per heavy atom. The van der Waals surface area contributed by atoms with Gasteiger partial charge in [0.2, 0.25) is 0 Å². The van der Waals surface area contributed by atoms with Gasteiger partial charge in [0.1, 0.15) is 5.82 Å². The van der Waals surface area contributed by atoms with E-state index in [1.807, 2.05) is 4.68 Å². The first-order chi connectivity index (χ1) is 9.26. The molecule has 1 atom stereocenters. The number of hydrogen-bond donors (Lipinski definition) is 1. The Kier molecular flexibility index (Phi) is 3.84. The van der Waals surface area contributed by atoms with Gasteiger partial charge in [0, 0.05) is 13.0 Å². The predicted octanol–water partition coefficient (Wildman–Crippen LogP) is 1.35. The molecule has 5 heteroatoms. The molecule has 1 unspecified atom stereocenters. The molecule has 106 valence electrons. The van der Waals surface area contributed by atoms with Gasteiger partial charge in [-0.05, 0) is 51.2 Å². The minimum absolute atomic E-state index is 0.0944. The van der Waals surface area contributed by atoms with E-state index in [0.717, 1.165) is 43.4 Å². The van der Waals surface area contributed by atoms with Crippen molar-refractivity contribution in [1.82, 2.24) is 19.7 Å². The molecule has 19 heavy (non-hydrogen) atoms. The summed E-state index contributed by atoms with van der Waals surface area (Å²) in [6, 6.07) is 0.0944. The first-order valence-corrected chi connectivity index (χ1v) is 7.68. The Balaban J connectivity index is 1.61. The van der Waals surface area contributed by atoms with Crippen molar-refractivity contribution in [2.45, 2.75) is 51.6 Å². The second-order valence-electron chi connectivity index (χ2n) is 5.94. The van der Waals surface area contributed by atoms with Crippen LogP contribution in [0.3, 0.4) is 0 Å². The van der Waals surface area contributed by atoms with E-state index in [-0.39, 0.29) is 6.04 Å². The Morgan fingerprint density at radius 2 is 2.00 bits per heavy atom. The van der Waals surface area contributed by atoms with Gasteiger partial charge in [-0.1, -0.05) is 6.92 Å². The second kappa shape index (κ2) is 5.59. The lowest BCUT2D eigenvalue weighted by molar-refractivity contribution is 0.191. The van der Waals surface area contributed by atoms with Crippen molar-refractivity contribution in [3.63, 3.8) is 0 Å². The number of likely N-dealkylation sites (tertiary alicyclic amines) is 1. The van der Waals surface area contributed by atoms with E-state index in [1.165, 1.54) is 32.5 Å². The third-order valence-corrected chi connectivity index (χ3v) is 4.59. The maximum Gasteiger partial charge on any atom is 0.151 e. The number of nitrogens with two attached hydrogens (primary N) is 1. The van der Waals surface area contributed by atoms with Gasteiger partial charge in [0.25, 0.3) is 0 Å². The fraction of sp³-hybridized carbons (Fsp3) is 0.857. The fourth-order valence-corrected chi connectivity index (χ4v) is 3.28. The lowest BCUT2D eigenvalue weighted by atomic mass is 9.93. The van der Waals surface area contributed by atoms with Crippen LogP contribution in [0.25, 0.3) is 0 Å². The van der Waals surface area contributed by atoms with E-state index >= 15 is 0 Å². The smallest absolute Gasteiger partial charge is 0.151 e. The molecule has 1 aromatic rings. The lowest BCUT2D eigenvalue weighted by Crippen LogP contribution is -2.34. The number of piperidine rings is 1. The molecule has 0 saturated carbocycles. The van der Waals surface area contributed by atoms with E-state index in [4.69, 9.17) is 5.73 Å². The van der Waals surface area contributed by atoms with Crippen LogP contribution in [0.1, 0.15) is 50.3 Å². The van der Waals surface area contributed by atoms with Gasteiger partial charge in [0.05, 0.1) is 6.04 Å². The summed E-state index contributed by atoms with van der Waals surface area (Å²) < 4.78 is 2.03. The van der Waals surface area contributed by atoms with Crippen LogP contribution in [0, 0.1) is 5.92 Å². The van der Waals surface area contributed by atoms with Gasteiger partial charge < -0.3 is 10.6 Å². The van der Waals surface area contributed by atoms with Crippen LogP contribution in [-0.2, 0) is 13.0 Å². The zero-order valence-corrected chi connectivity index (χ0v) is 11.9. The van der Waals surface area contributed by atoms with Crippen LogP contribution in [0.2, 0.25) is 0 Å². The number of nitrogens with zero attached hydrogens (tertiary/aromatic N) is 4. The molecule has 3 rings (SSSR count). The van der Waals surface area contributed by atoms with Gasteiger partial charge in [-0.3, -0.25) is 0 Å². The van der Waals surface area contributed by atoms with Gasteiger partial charge in [-0.25, -0.2) is 9.67 Å². The van der Waals surface area contributed by atoms with Crippen LogP contribution >= 0.6 is 0 Å². The van der Waals surface area contributed by atoms with Gasteiger partial charge >= 0.3 is 0 Å². The van der Waals surface area contributed by atoms with Crippen molar-refractivity contribution in [3.05, 3.63) is 11.6 Å². The topological polar surface area (TPSA) is 60.0 Å². The summed E-state index contributed by atoms with van der Waals surface area (Å²) in [7, 11) is 0. The quantitative estimate of drug-likeness (QED) is 0.894. The van der Waals surface area contributed by atoms with Crippen molar-refractivity contribution in [3.8, 4) is 0 Å². The highest BCUT2D eigenvalue weighted by molar-refractivity contribution is 5.02. The van der Waals surface area contributed by atoms with Crippen LogP contribution < -0.4 is 5.73 Å². The molecular weight excluding hydrogens is 238 g/mol. The number of rotatable bonds is 3. The van der Waals surface area contributed by atoms with E-state index < -0.39 is 0 Å². The molecular formula is C14H25N5. The summed E-state index contributed by atoms with van der Waals surface area (Å²) in [5, 5.41) is 4.65. The van der Waals surface area contributed by atoms with Crippen LogP contribution in [-0.4, -0.2) is 39.3 Å². The fourth-order valence-electron chi connectivity index (χ4n) is 3.28. The SMILES string of the molecule is CCN1CCC(Cc2nc3n(n2)CCCC3N)CC1. The van der Waals surface area contributed by atoms with Crippen molar-refractivity contribution in [2.75, 3.05) is 19.6 Å². The van der Waals surface area contributed by atoms with Crippen molar-refractivity contribution < 1.29 is 0 Å². The number of hydrogen-bond acceptors (Lipinski definition) is 4. The number of aryl methyl sites for hydroxylation is 1. The monoisotopic (exact) mass is 263 g/mol. The molecule has 0 aliphatic carbocycles. The molecule has 3 heterocycles. The van der Waals surface area contributed by atoms with Crippen LogP contribution in [0.15, 0.2) is 0 Å². The van der Waals surface area contributed by atoms with E-state index in [0.29, 0.717) is 0 Å². The zero-order valence-electron chi connectivity index (χ0n) is 11.9. The molecule has 5 nitrogen and oxygen atoms in total. The predicted molar refractivity (Wildman–Crippen MR) is 74.7 cm³/mol. The minimum Gasteiger partial charge on any atom is -0.321 e. The van der Waals surface area contributed by atoms with Crippen LogP contribution in [0.4, 0.5) is 0 Å². The molecule has 0 bridgehead atoms.